The van der Waals surface area contributed by atoms with Crippen LogP contribution in [0.1, 0.15) is 35.6 Å². The number of benzene rings is 1. The number of likely N-dealkylation sites (tertiary alicyclic amines) is 1. The molecule has 0 spiro atoms. The van der Waals surface area contributed by atoms with Gasteiger partial charge >= 0.3 is 6.01 Å². The van der Waals surface area contributed by atoms with E-state index in [1.807, 2.05) is 18.6 Å². The molecule has 146 valence electrons. The molecular weight excluding hydrogens is 352 g/mol. The Morgan fingerprint density at radius 3 is 2.36 bits per heavy atom. The van der Waals surface area contributed by atoms with Gasteiger partial charge in [-0.15, -0.1) is 0 Å². The maximum atomic E-state index is 5.48. The normalized spacial score (nSPS) is 15.7. The Labute approximate surface area is 165 Å². The minimum atomic E-state index is 0.414. The number of ether oxygens (including phenoxy) is 2. The Balaban J connectivity index is 1.42. The molecule has 6 heteroatoms. The summed E-state index contributed by atoms with van der Waals surface area (Å²) in [6.45, 7) is 5.04. The van der Waals surface area contributed by atoms with Crippen LogP contribution in [0.15, 0.2) is 36.8 Å². The van der Waals surface area contributed by atoms with E-state index in [0.717, 1.165) is 49.4 Å². The number of nitrogens with zero attached hydrogens (tertiary/aromatic N) is 4. The summed E-state index contributed by atoms with van der Waals surface area (Å²) < 4.78 is 10.5. The Morgan fingerprint density at radius 1 is 0.929 bits per heavy atom. The van der Waals surface area contributed by atoms with Crippen LogP contribution in [-0.4, -0.2) is 47.2 Å². The van der Waals surface area contributed by atoms with Crippen LogP contribution in [0.2, 0.25) is 0 Å². The van der Waals surface area contributed by atoms with Crippen LogP contribution in [0.25, 0.3) is 10.8 Å². The van der Waals surface area contributed by atoms with Crippen molar-refractivity contribution < 1.29 is 9.47 Å². The molecule has 6 nitrogen and oxygen atoms in total. The maximum Gasteiger partial charge on any atom is 0.316 e. The first-order chi connectivity index (χ1) is 13.7. The lowest BCUT2D eigenvalue weighted by atomic mass is 9.92. The first-order valence-corrected chi connectivity index (χ1v) is 9.68. The average molecular weight is 378 g/mol. The van der Waals surface area contributed by atoms with E-state index in [4.69, 9.17) is 14.5 Å². The van der Waals surface area contributed by atoms with Gasteiger partial charge in [-0.3, -0.25) is 9.88 Å². The number of fused-ring (bicyclic) bond motifs is 1. The third-order valence-corrected chi connectivity index (χ3v) is 5.53. The predicted molar refractivity (Wildman–Crippen MR) is 109 cm³/mol. The highest BCUT2D eigenvalue weighted by molar-refractivity contribution is 5.84. The molecule has 4 rings (SSSR count). The molecule has 0 saturated carbocycles. The first-order valence-electron chi connectivity index (χ1n) is 9.68. The molecule has 1 aliphatic rings. The molecule has 0 radical (unpaired) electrons. The summed E-state index contributed by atoms with van der Waals surface area (Å²) >= 11 is 0. The summed E-state index contributed by atoms with van der Waals surface area (Å²) in [6, 6.07) is 6.91. The summed E-state index contributed by atoms with van der Waals surface area (Å²) in [5, 5.41) is 2.37. The molecule has 0 amide bonds. The fourth-order valence-electron chi connectivity index (χ4n) is 3.92. The van der Waals surface area contributed by atoms with Crippen molar-refractivity contribution in [2.24, 2.45) is 0 Å². The molecule has 0 aliphatic carbocycles. The Kier molecular flexibility index (Phi) is 5.39. The second-order valence-electron chi connectivity index (χ2n) is 7.41. The van der Waals surface area contributed by atoms with Crippen molar-refractivity contribution in [3.05, 3.63) is 53.6 Å². The number of hydrogen-bond donors (Lipinski definition) is 0. The van der Waals surface area contributed by atoms with Crippen molar-refractivity contribution >= 4 is 10.8 Å². The van der Waals surface area contributed by atoms with Gasteiger partial charge in [-0.25, -0.2) is 9.97 Å². The zero-order valence-electron chi connectivity index (χ0n) is 16.7. The minimum Gasteiger partial charge on any atom is -0.496 e. The molecule has 0 bridgehead atoms. The summed E-state index contributed by atoms with van der Waals surface area (Å²) in [5.41, 5.74) is 3.44. The van der Waals surface area contributed by atoms with Crippen LogP contribution < -0.4 is 9.47 Å². The third kappa shape index (κ3) is 3.92. The van der Waals surface area contributed by atoms with E-state index in [2.05, 4.69) is 40.0 Å². The number of aryl methyl sites for hydroxylation is 1. The van der Waals surface area contributed by atoms with Crippen LogP contribution in [0.3, 0.4) is 0 Å². The molecule has 2 aromatic heterocycles. The van der Waals surface area contributed by atoms with Gasteiger partial charge in [-0.05, 0) is 62.0 Å². The number of rotatable bonds is 5. The number of pyridine rings is 1. The van der Waals surface area contributed by atoms with Gasteiger partial charge in [0.25, 0.3) is 0 Å². The van der Waals surface area contributed by atoms with E-state index >= 15 is 0 Å². The topological polar surface area (TPSA) is 60.4 Å². The molecule has 0 atom stereocenters. The van der Waals surface area contributed by atoms with Crippen LogP contribution >= 0.6 is 0 Å². The number of hydrogen-bond acceptors (Lipinski definition) is 6. The van der Waals surface area contributed by atoms with E-state index in [1.165, 1.54) is 16.5 Å². The molecular formula is C22H26N4O2. The van der Waals surface area contributed by atoms with Crippen LogP contribution in [0.4, 0.5) is 0 Å². The summed E-state index contributed by atoms with van der Waals surface area (Å²) in [4.78, 5) is 15.6. The SMILES string of the molecule is COc1ncc(CN2CCC(c3cc4cc(OC)c(C)cc4cn3)CC2)cn1. The van der Waals surface area contributed by atoms with Crippen LogP contribution in [0.5, 0.6) is 11.8 Å². The van der Waals surface area contributed by atoms with Crippen molar-refractivity contribution in [2.75, 3.05) is 27.3 Å². The van der Waals surface area contributed by atoms with Gasteiger partial charge in [0, 0.05) is 47.7 Å². The lowest BCUT2D eigenvalue weighted by molar-refractivity contribution is 0.203. The fraction of sp³-hybridized carbons (Fsp3) is 0.409. The van der Waals surface area contributed by atoms with Crippen molar-refractivity contribution in [3.8, 4) is 11.8 Å². The molecule has 0 N–H and O–H groups in total. The molecule has 1 aliphatic heterocycles. The van der Waals surface area contributed by atoms with Crippen LogP contribution in [-0.2, 0) is 6.54 Å². The molecule has 1 aromatic carbocycles. The highest BCUT2D eigenvalue weighted by atomic mass is 16.5. The zero-order valence-corrected chi connectivity index (χ0v) is 16.7. The predicted octanol–water partition coefficient (Wildman–Crippen LogP) is 3.73. The van der Waals surface area contributed by atoms with Gasteiger partial charge in [0.05, 0.1) is 14.2 Å². The van der Waals surface area contributed by atoms with Crippen LogP contribution in [0, 0.1) is 6.92 Å². The molecule has 28 heavy (non-hydrogen) atoms. The average Bonchev–Trinajstić information content (AvgIpc) is 2.74. The molecule has 3 heterocycles. The fourth-order valence-corrected chi connectivity index (χ4v) is 3.92. The summed E-state index contributed by atoms with van der Waals surface area (Å²) in [6.07, 6.45) is 7.91. The van der Waals surface area contributed by atoms with Gasteiger partial charge in [-0.1, -0.05) is 0 Å². The monoisotopic (exact) mass is 378 g/mol. The van der Waals surface area contributed by atoms with Gasteiger partial charge in [0.1, 0.15) is 5.75 Å². The second kappa shape index (κ2) is 8.10. The number of piperidine rings is 1. The minimum absolute atomic E-state index is 0.414. The number of methoxy groups -OCH3 is 2. The molecule has 0 unspecified atom stereocenters. The Bertz CT molecular complexity index is 951. The summed E-state index contributed by atoms with van der Waals surface area (Å²) in [5.74, 6) is 1.43. The highest BCUT2D eigenvalue weighted by Crippen LogP contribution is 2.31. The Morgan fingerprint density at radius 2 is 1.68 bits per heavy atom. The molecule has 1 fully saturated rings. The van der Waals surface area contributed by atoms with Crippen molar-refractivity contribution in [2.45, 2.75) is 32.2 Å². The van der Waals surface area contributed by atoms with Gasteiger partial charge in [-0.2, -0.15) is 0 Å². The number of aromatic nitrogens is 3. The zero-order chi connectivity index (χ0) is 19.5. The van der Waals surface area contributed by atoms with Gasteiger partial charge in [0.2, 0.25) is 0 Å². The molecule has 3 aromatic rings. The van der Waals surface area contributed by atoms with E-state index in [1.54, 1.807) is 14.2 Å². The first kappa shape index (κ1) is 18.6. The van der Waals surface area contributed by atoms with Gasteiger partial charge in [0.15, 0.2) is 0 Å². The second-order valence-corrected chi connectivity index (χ2v) is 7.41. The van der Waals surface area contributed by atoms with Crippen molar-refractivity contribution in [1.82, 2.24) is 19.9 Å². The lowest BCUT2D eigenvalue weighted by Gasteiger charge is -2.31. The standard InChI is InChI=1S/C22H26N4O2/c1-15-8-19-13-23-20(9-18(19)10-21(15)27-2)17-4-6-26(7-5-17)14-16-11-24-22(28-3)25-12-16/h8-13,17H,4-7,14H2,1-3H3. The van der Waals surface area contributed by atoms with E-state index in [0.29, 0.717) is 11.9 Å². The highest BCUT2D eigenvalue weighted by Gasteiger charge is 2.22. The molecule has 1 saturated heterocycles. The largest absolute Gasteiger partial charge is 0.496 e. The quantitative estimate of drug-likeness (QED) is 0.674. The maximum absolute atomic E-state index is 5.48. The Hall–Kier alpha value is -2.73. The van der Waals surface area contributed by atoms with E-state index in [-0.39, 0.29) is 0 Å². The smallest absolute Gasteiger partial charge is 0.316 e. The summed E-state index contributed by atoms with van der Waals surface area (Å²) in [7, 11) is 3.30. The van der Waals surface area contributed by atoms with Crippen molar-refractivity contribution in [3.63, 3.8) is 0 Å². The van der Waals surface area contributed by atoms with Crippen molar-refractivity contribution in [1.29, 1.82) is 0 Å². The third-order valence-electron chi connectivity index (χ3n) is 5.53. The van der Waals surface area contributed by atoms with E-state index in [9.17, 15) is 0 Å². The van der Waals surface area contributed by atoms with E-state index < -0.39 is 0 Å². The van der Waals surface area contributed by atoms with Gasteiger partial charge < -0.3 is 9.47 Å². The lowest BCUT2D eigenvalue weighted by Crippen LogP contribution is -2.32.